The first kappa shape index (κ1) is 19.0. The van der Waals surface area contributed by atoms with E-state index in [1.165, 1.54) is 0 Å². The molecule has 0 radical (unpaired) electrons. The molecule has 1 aliphatic rings. The Labute approximate surface area is 151 Å². The summed E-state index contributed by atoms with van der Waals surface area (Å²) in [5.41, 5.74) is 0.574. The van der Waals surface area contributed by atoms with Crippen molar-refractivity contribution in [2.75, 3.05) is 38.6 Å². The number of hydrogen-bond donors (Lipinski definition) is 3. The van der Waals surface area contributed by atoms with E-state index in [4.69, 9.17) is 27.9 Å². The number of hydrogen-bond acceptors (Lipinski definition) is 3. The minimum Gasteiger partial charge on any atom is -0.376 e. The van der Waals surface area contributed by atoms with E-state index in [0.717, 1.165) is 24.3 Å². The highest BCUT2D eigenvalue weighted by Gasteiger charge is 2.18. The van der Waals surface area contributed by atoms with Gasteiger partial charge in [-0.2, -0.15) is 0 Å². The molecule has 1 aromatic carbocycles. The number of quaternary nitrogens is 1. The molecule has 24 heavy (non-hydrogen) atoms. The predicted octanol–water partition coefficient (Wildman–Crippen LogP) is 0.742. The third-order valence-corrected chi connectivity index (χ3v) is 4.42. The average Bonchev–Trinajstić information content (AvgIpc) is 3.02. The Hall–Kier alpha value is -1.34. The molecule has 1 heterocycles. The second-order valence-corrected chi connectivity index (χ2v) is 6.74. The zero-order chi connectivity index (χ0) is 17.5. The number of nitrogens with one attached hydrogen (secondary N) is 3. The minimum absolute atomic E-state index is 0.0923. The maximum Gasteiger partial charge on any atom is 0.279 e. The van der Waals surface area contributed by atoms with Gasteiger partial charge in [-0.3, -0.25) is 9.59 Å². The lowest BCUT2D eigenvalue weighted by Crippen LogP contribution is -3.11. The summed E-state index contributed by atoms with van der Waals surface area (Å²) in [6.45, 7) is 1.69. The Morgan fingerprint density at radius 3 is 2.67 bits per heavy atom. The fourth-order valence-electron chi connectivity index (χ4n) is 2.49. The van der Waals surface area contributed by atoms with Crippen LogP contribution in [0, 0.1) is 0 Å². The summed E-state index contributed by atoms with van der Waals surface area (Å²) < 4.78 is 5.45. The summed E-state index contributed by atoms with van der Waals surface area (Å²) in [6.07, 6.45) is 2.14. The van der Waals surface area contributed by atoms with E-state index >= 15 is 0 Å². The van der Waals surface area contributed by atoms with Crippen LogP contribution in [0.5, 0.6) is 0 Å². The van der Waals surface area contributed by atoms with Crippen LogP contribution in [-0.2, 0) is 14.3 Å². The lowest BCUT2D eigenvalue weighted by atomic mass is 10.2. The van der Waals surface area contributed by atoms with Gasteiger partial charge < -0.3 is 20.3 Å². The van der Waals surface area contributed by atoms with Crippen molar-refractivity contribution >= 4 is 40.7 Å². The third-order valence-electron chi connectivity index (χ3n) is 3.68. The third kappa shape index (κ3) is 6.28. The van der Waals surface area contributed by atoms with E-state index in [1.54, 1.807) is 25.2 Å². The first-order valence-electron chi connectivity index (χ1n) is 7.88. The number of ether oxygens (including phenoxy) is 1. The van der Waals surface area contributed by atoms with Gasteiger partial charge in [-0.25, -0.2) is 0 Å². The van der Waals surface area contributed by atoms with Crippen molar-refractivity contribution in [2.45, 2.75) is 18.9 Å². The molecule has 3 N–H and O–H groups in total. The molecule has 1 unspecified atom stereocenters. The van der Waals surface area contributed by atoms with Gasteiger partial charge in [-0.1, -0.05) is 23.2 Å². The molecular formula is C16H22Cl2N3O3+. The van der Waals surface area contributed by atoms with E-state index in [2.05, 4.69) is 10.6 Å². The lowest BCUT2D eigenvalue weighted by Gasteiger charge is -2.15. The molecule has 0 aliphatic carbocycles. The highest BCUT2D eigenvalue weighted by Crippen LogP contribution is 2.24. The first-order valence-corrected chi connectivity index (χ1v) is 8.64. The Morgan fingerprint density at radius 2 is 2.00 bits per heavy atom. The number of halogens is 2. The van der Waals surface area contributed by atoms with Crippen molar-refractivity contribution in [1.82, 2.24) is 5.32 Å². The quantitative estimate of drug-likeness (QED) is 0.659. The Kier molecular flexibility index (Phi) is 7.30. The van der Waals surface area contributed by atoms with E-state index in [0.29, 0.717) is 22.3 Å². The molecule has 0 aromatic heterocycles. The number of carbonyl (C=O) groups excluding carboxylic acids is 2. The second kappa shape index (κ2) is 9.22. The molecule has 132 valence electrons. The van der Waals surface area contributed by atoms with E-state index in [9.17, 15) is 9.59 Å². The summed E-state index contributed by atoms with van der Waals surface area (Å²) in [7, 11) is 1.79. The Balaban J connectivity index is 1.70. The maximum atomic E-state index is 12.0. The summed E-state index contributed by atoms with van der Waals surface area (Å²) in [5, 5.41) is 6.39. The van der Waals surface area contributed by atoms with Crippen molar-refractivity contribution in [1.29, 1.82) is 0 Å². The number of benzene rings is 1. The van der Waals surface area contributed by atoms with Crippen LogP contribution >= 0.6 is 23.2 Å². The van der Waals surface area contributed by atoms with Crippen LogP contribution in [0.2, 0.25) is 10.0 Å². The topological polar surface area (TPSA) is 71.9 Å². The van der Waals surface area contributed by atoms with Crippen LogP contribution in [0.3, 0.4) is 0 Å². The molecule has 2 atom stereocenters. The van der Waals surface area contributed by atoms with Gasteiger partial charge in [0.05, 0.1) is 23.2 Å². The van der Waals surface area contributed by atoms with Crippen LogP contribution < -0.4 is 15.5 Å². The van der Waals surface area contributed by atoms with Gasteiger partial charge in [0.1, 0.15) is 0 Å². The van der Waals surface area contributed by atoms with Gasteiger partial charge in [-0.05, 0) is 31.0 Å². The Morgan fingerprint density at radius 1 is 1.25 bits per heavy atom. The predicted molar refractivity (Wildman–Crippen MR) is 93.7 cm³/mol. The zero-order valence-electron chi connectivity index (χ0n) is 13.5. The van der Waals surface area contributed by atoms with Gasteiger partial charge in [0.25, 0.3) is 11.8 Å². The smallest absolute Gasteiger partial charge is 0.279 e. The fraction of sp³-hybridized carbons (Fsp3) is 0.500. The van der Waals surface area contributed by atoms with Crippen molar-refractivity contribution < 1.29 is 19.2 Å². The molecule has 1 saturated heterocycles. The van der Waals surface area contributed by atoms with Crippen molar-refractivity contribution in [3.63, 3.8) is 0 Å². The number of carbonyl (C=O) groups is 2. The molecule has 2 rings (SSSR count). The first-order chi connectivity index (χ1) is 11.4. The van der Waals surface area contributed by atoms with Crippen LogP contribution in [0.25, 0.3) is 0 Å². The fourth-order valence-corrected chi connectivity index (χ4v) is 2.78. The lowest BCUT2D eigenvalue weighted by molar-refractivity contribution is -0.862. The second-order valence-electron chi connectivity index (χ2n) is 5.93. The molecule has 1 aromatic rings. The number of likely N-dealkylation sites (N-methyl/N-ethyl adjacent to an activating group) is 1. The molecule has 0 bridgehead atoms. The van der Waals surface area contributed by atoms with Crippen molar-refractivity contribution in [3.8, 4) is 0 Å². The largest absolute Gasteiger partial charge is 0.376 e. The van der Waals surface area contributed by atoms with Crippen molar-refractivity contribution in [3.05, 3.63) is 28.2 Å². The molecule has 1 aliphatic heterocycles. The van der Waals surface area contributed by atoms with Crippen LogP contribution in [0.4, 0.5) is 5.69 Å². The van der Waals surface area contributed by atoms with Gasteiger partial charge in [0.15, 0.2) is 13.1 Å². The molecular weight excluding hydrogens is 353 g/mol. The van der Waals surface area contributed by atoms with Gasteiger partial charge in [-0.15, -0.1) is 0 Å². The minimum atomic E-state index is -0.196. The van der Waals surface area contributed by atoms with Gasteiger partial charge in [0, 0.05) is 18.8 Å². The number of rotatable bonds is 7. The SMILES string of the molecule is C[NH+](CC(=O)NC[C@@H]1CCCO1)CC(=O)Nc1ccc(Cl)c(Cl)c1. The van der Waals surface area contributed by atoms with Crippen LogP contribution in [0.1, 0.15) is 12.8 Å². The average molecular weight is 375 g/mol. The highest BCUT2D eigenvalue weighted by molar-refractivity contribution is 6.42. The zero-order valence-corrected chi connectivity index (χ0v) is 15.0. The van der Waals surface area contributed by atoms with E-state index in [-0.39, 0.29) is 31.0 Å². The molecule has 8 heteroatoms. The maximum absolute atomic E-state index is 12.0. The molecule has 1 fully saturated rings. The van der Waals surface area contributed by atoms with Crippen molar-refractivity contribution in [2.24, 2.45) is 0 Å². The molecule has 0 saturated carbocycles. The van der Waals surface area contributed by atoms with Crippen LogP contribution in [-0.4, -0.2) is 51.2 Å². The Bertz CT molecular complexity index is 592. The molecule has 0 spiro atoms. The number of anilines is 1. The van der Waals surface area contributed by atoms with Gasteiger partial charge >= 0.3 is 0 Å². The summed E-state index contributed by atoms with van der Waals surface area (Å²) in [4.78, 5) is 24.7. The molecule has 2 amide bonds. The summed E-state index contributed by atoms with van der Waals surface area (Å²) in [6, 6.07) is 4.88. The van der Waals surface area contributed by atoms with Gasteiger partial charge in [0.2, 0.25) is 0 Å². The number of amides is 2. The van der Waals surface area contributed by atoms with E-state index < -0.39 is 0 Å². The summed E-state index contributed by atoms with van der Waals surface area (Å²) in [5.74, 6) is -0.289. The van der Waals surface area contributed by atoms with E-state index in [1.807, 2.05) is 0 Å². The standard InChI is InChI=1S/C16H21Cl2N3O3/c1-21(9-15(22)19-8-12-3-2-6-24-12)10-16(23)20-11-4-5-13(17)14(18)7-11/h4-5,7,12H,2-3,6,8-10H2,1H3,(H,19,22)(H,20,23)/p+1/t12-/m0/s1. The summed E-state index contributed by atoms with van der Waals surface area (Å²) >= 11 is 11.7. The normalized spacial score (nSPS) is 18.2. The highest BCUT2D eigenvalue weighted by atomic mass is 35.5. The monoisotopic (exact) mass is 374 g/mol. The van der Waals surface area contributed by atoms with Crippen LogP contribution in [0.15, 0.2) is 18.2 Å². The molecule has 6 nitrogen and oxygen atoms in total.